The molecule has 1 aliphatic heterocycles. The van der Waals surface area contributed by atoms with Gasteiger partial charge < -0.3 is 14.9 Å². The molecular weight excluding hydrogens is 224 g/mol. The molecule has 3 nitrogen and oxygen atoms in total. The number of rotatable bonds is 2. The fourth-order valence-corrected chi connectivity index (χ4v) is 2.91. The molecule has 2 rings (SSSR count). The third-order valence-corrected chi connectivity index (χ3v) is 3.77. The summed E-state index contributed by atoms with van der Waals surface area (Å²) < 4.78 is 5.63. The maximum absolute atomic E-state index is 9.82. The van der Waals surface area contributed by atoms with Crippen molar-refractivity contribution in [1.29, 1.82) is 0 Å². The van der Waals surface area contributed by atoms with Crippen LogP contribution in [0.3, 0.4) is 0 Å². The minimum Gasteiger partial charge on any atom is -0.390 e. The van der Waals surface area contributed by atoms with Gasteiger partial charge in [-0.05, 0) is 19.1 Å². The van der Waals surface area contributed by atoms with Crippen molar-refractivity contribution < 1.29 is 14.9 Å². The van der Waals surface area contributed by atoms with Gasteiger partial charge in [-0.1, -0.05) is 30.0 Å². The van der Waals surface area contributed by atoms with E-state index in [4.69, 9.17) is 4.74 Å². The summed E-state index contributed by atoms with van der Waals surface area (Å²) in [5, 5.41) is 19.5. The van der Waals surface area contributed by atoms with Gasteiger partial charge in [0.25, 0.3) is 0 Å². The van der Waals surface area contributed by atoms with Crippen molar-refractivity contribution in [2.45, 2.75) is 42.0 Å². The molecule has 0 unspecified atom stereocenters. The molecule has 2 N–H and O–H groups in total. The van der Waals surface area contributed by atoms with E-state index >= 15 is 0 Å². The van der Waals surface area contributed by atoms with Crippen LogP contribution < -0.4 is 0 Å². The zero-order chi connectivity index (χ0) is 11.5. The third-order valence-electron chi connectivity index (χ3n) is 2.61. The summed E-state index contributed by atoms with van der Waals surface area (Å²) in [7, 11) is 0. The molecule has 0 radical (unpaired) electrons. The molecule has 0 amide bonds. The maximum atomic E-state index is 9.82. The second kappa shape index (κ2) is 5.19. The number of ether oxygens (including phenoxy) is 1. The van der Waals surface area contributed by atoms with Crippen LogP contribution in [0.1, 0.15) is 13.3 Å². The molecule has 0 aromatic heterocycles. The maximum Gasteiger partial charge on any atom is 0.136 e. The van der Waals surface area contributed by atoms with Gasteiger partial charge in [0.2, 0.25) is 0 Å². The van der Waals surface area contributed by atoms with E-state index in [-0.39, 0.29) is 11.5 Å². The first-order chi connectivity index (χ1) is 7.66. The van der Waals surface area contributed by atoms with E-state index in [0.29, 0.717) is 6.42 Å². The first-order valence-corrected chi connectivity index (χ1v) is 6.28. The van der Waals surface area contributed by atoms with Gasteiger partial charge in [0, 0.05) is 11.3 Å². The number of hydrogen-bond acceptors (Lipinski definition) is 4. The summed E-state index contributed by atoms with van der Waals surface area (Å²) in [5.74, 6) is 0. The summed E-state index contributed by atoms with van der Waals surface area (Å²) >= 11 is 1.45. The highest BCUT2D eigenvalue weighted by molar-refractivity contribution is 7.99. The Balaban J connectivity index is 2.03. The minimum absolute atomic E-state index is 0.0142. The number of hydrogen-bond donors (Lipinski definition) is 2. The molecule has 1 heterocycles. The Bertz CT molecular complexity index is 330. The molecular formula is C12H16O3S. The molecule has 1 aromatic carbocycles. The van der Waals surface area contributed by atoms with Gasteiger partial charge >= 0.3 is 0 Å². The lowest BCUT2D eigenvalue weighted by atomic mass is 10.1. The molecule has 88 valence electrons. The quantitative estimate of drug-likeness (QED) is 0.825. The summed E-state index contributed by atoms with van der Waals surface area (Å²) in [6, 6.07) is 9.76. The second-order valence-electron chi connectivity index (χ2n) is 4.04. The van der Waals surface area contributed by atoms with Crippen molar-refractivity contribution in [3.05, 3.63) is 30.3 Å². The predicted molar refractivity (Wildman–Crippen MR) is 63.3 cm³/mol. The van der Waals surface area contributed by atoms with Crippen LogP contribution in [0.2, 0.25) is 0 Å². The van der Waals surface area contributed by atoms with Gasteiger partial charge in [0.1, 0.15) is 11.5 Å². The predicted octanol–water partition coefficient (Wildman–Crippen LogP) is 1.64. The largest absolute Gasteiger partial charge is 0.390 e. The first-order valence-electron chi connectivity index (χ1n) is 5.40. The first kappa shape index (κ1) is 11.9. The number of benzene rings is 1. The van der Waals surface area contributed by atoms with E-state index < -0.39 is 12.2 Å². The van der Waals surface area contributed by atoms with Gasteiger partial charge in [0.15, 0.2) is 0 Å². The van der Waals surface area contributed by atoms with Crippen molar-refractivity contribution in [1.82, 2.24) is 0 Å². The fourth-order valence-electron chi connectivity index (χ4n) is 1.76. The van der Waals surface area contributed by atoms with Crippen LogP contribution in [0.15, 0.2) is 35.2 Å². The standard InChI is InChI=1S/C12H16O3S/c1-8-7-10(13)11(14)12(15-8)16-9-5-3-2-4-6-9/h2-6,8,10-14H,7H2,1H3/t8-,10+,11+,12+/m0/s1. The fraction of sp³-hybridized carbons (Fsp3) is 0.500. The van der Waals surface area contributed by atoms with Crippen LogP contribution in [-0.4, -0.2) is 34.0 Å². The molecule has 4 atom stereocenters. The molecule has 1 aromatic rings. The van der Waals surface area contributed by atoms with E-state index in [1.54, 1.807) is 0 Å². The summed E-state index contributed by atoms with van der Waals surface area (Å²) in [6.07, 6.45) is -1.03. The van der Waals surface area contributed by atoms with Crippen molar-refractivity contribution >= 4 is 11.8 Å². The van der Waals surface area contributed by atoms with E-state index in [1.165, 1.54) is 11.8 Å². The van der Waals surface area contributed by atoms with E-state index in [0.717, 1.165) is 4.90 Å². The zero-order valence-corrected chi connectivity index (χ0v) is 9.93. The minimum atomic E-state index is -0.818. The molecule has 1 aliphatic rings. The van der Waals surface area contributed by atoms with Gasteiger partial charge in [-0.25, -0.2) is 0 Å². The van der Waals surface area contributed by atoms with Gasteiger partial charge in [-0.3, -0.25) is 0 Å². The molecule has 1 fully saturated rings. The Morgan fingerprint density at radius 3 is 2.62 bits per heavy atom. The van der Waals surface area contributed by atoms with Crippen molar-refractivity contribution in [3.8, 4) is 0 Å². The number of aliphatic hydroxyl groups excluding tert-OH is 2. The highest BCUT2D eigenvalue weighted by Crippen LogP contribution is 2.32. The molecule has 0 spiro atoms. The average molecular weight is 240 g/mol. The van der Waals surface area contributed by atoms with Gasteiger partial charge in [-0.2, -0.15) is 0 Å². The lowest BCUT2D eigenvalue weighted by Gasteiger charge is -2.35. The third kappa shape index (κ3) is 2.77. The zero-order valence-electron chi connectivity index (χ0n) is 9.11. The topological polar surface area (TPSA) is 49.7 Å². The van der Waals surface area contributed by atoms with Crippen LogP contribution in [-0.2, 0) is 4.74 Å². The summed E-state index contributed by atoms with van der Waals surface area (Å²) in [4.78, 5) is 1.04. The Morgan fingerprint density at radius 1 is 1.25 bits per heavy atom. The van der Waals surface area contributed by atoms with Crippen molar-refractivity contribution in [3.63, 3.8) is 0 Å². The molecule has 0 bridgehead atoms. The Hall–Kier alpha value is -0.550. The van der Waals surface area contributed by atoms with Crippen LogP contribution in [0.4, 0.5) is 0 Å². The van der Waals surface area contributed by atoms with Crippen LogP contribution in [0, 0.1) is 0 Å². The van der Waals surface area contributed by atoms with Gasteiger partial charge in [0.05, 0.1) is 12.2 Å². The monoisotopic (exact) mass is 240 g/mol. The smallest absolute Gasteiger partial charge is 0.136 e. The number of aliphatic hydroxyl groups is 2. The van der Waals surface area contributed by atoms with E-state index in [2.05, 4.69) is 0 Å². The Morgan fingerprint density at radius 2 is 1.94 bits per heavy atom. The van der Waals surface area contributed by atoms with Crippen molar-refractivity contribution in [2.75, 3.05) is 0 Å². The normalized spacial score (nSPS) is 34.9. The van der Waals surface area contributed by atoms with Crippen LogP contribution in [0.25, 0.3) is 0 Å². The number of thioether (sulfide) groups is 1. The van der Waals surface area contributed by atoms with Crippen LogP contribution in [0.5, 0.6) is 0 Å². The van der Waals surface area contributed by atoms with Crippen LogP contribution >= 0.6 is 11.8 Å². The second-order valence-corrected chi connectivity index (χ2v) is 5.21. The molecule has 1 saturated heterocycles. The molecule has 16 heavy (non-hydrogen) atoms. The molecule has 4 heteroatoms. The highest BCUT2D eigenvalue weighted by Gasteiger charge is 2.35. The average Bonchev–Trinajstić information content (AvgIpc) is 2.27. The summed E-state index contributed by atoms with van der Waals surface area (Å²) in [5.41, 5.74) is -0.388. The van der Waals surface area contributed by atoms with Gasteiger partial charge in [-0.15, -0.1) is 0 Å². The highest BCUT2D eigenvalue weighted by atomic mass is 32.2. The Kier molecular flexibility index (Phi) is 3.86. The Labute approximate surface area is 99.4 Å². The van der Waals surface area contributed by atoms with E-state index in [9.17, 15) is 10.2 Å². The molecule has 0 saturated carbocycles. The lowest BCUT2D eigenvalue weighted by molar-refractivity contribution is -0.130. The molecule has 0 aliphatic carbocycles. The summed E-state index contributed by atoms with van der Waals surface area (Å²) in [6.45, 7) is 1.91. The lowest BCUT2D eigenvalue weighted by Crippen LogP contribution is -2.45. The van der Waals surface area contributed by atoms with Crippen molar-refractivity contribution in [2.24, 2.45) is 0 Å². The SMILES string of the molecule is C[C@H]1C[C@@H](O)[C@@H](O)[C@@H](Sc2ccccc2)O1. The van der Waals surface area contributed by atoms with E-state index in [1.807, 2.05) is 37.3 Å².